The van der Waals surface area contributed by atoms with E-state index in [4.69, 9.17) is 0 Å². The fraction of sp³-hybridized carbons (Fsp3) is 0.250. The number of aryl methyl sites for hydroxylation is 4. The van der Waals surface area contributed by atoms with E-state index in [0.717, 1.165) is 27.9 Å². The number of hydrogen-bond acceptors (Lipinski definition) is 3. The molecule has 23 heavy (non-hydrogen) atoms. The first-order valence-corrected chi connectivity index (χ1v) is 7.85. The minimum atomic E-state index is 0.277. The lowest BCUT2D eigenvalue weighted by Crippen LogP contribution is -2.02. The number of phenols is 1. The molecular formula is C20H22N2O. The molecule has 0 amide bonds. The summed E-state index contributed by atoms with van der Waals surface area (Å²) in [5.74, 6) is 0.277. The van der Waals surface area contributed by atoms with Crippen molar-refractivity contribution in [3.8, 4) is 5.75 Å². The van der Waals surface area contributed by atoms with Gasteiger partial charge in [-0.2, -0.15) is 0 Å². The molecule has 0 saturated carbocycles. The van der Waals surface area contributed by atoms with Crippen molar-refractivity contribution in [1.29, 1.82) is 0 Å². The molecule has 0 aliphatic rings. The molecule has 3 heteroatoms. The summed E-state index contributed by atoms with van der Waals surface area (Å²) in [5.41, 5.74) is 7.23. The van der Waals surface area contributed by atoms with Crippen molar-refractivity contribution in [2.45, 2.75) is 34.2 Å². The number of fused-ring (bicyclic) bond motifs is 1. The molecule has 1 aromatic heterocycles. The molecule has 0 spiro atoms. The molecule has 118 valence electrons. The fourth-order valence-corrected chi connectivity index (χ4v) is 2.80. The van der Waals surface area contributed by atoms with Crippen LogP contribution < -0.4 is 5.32 Å². The number of nitrogens with zero attached hydrogens (tertiary/aromatic N) is 1. The lowest BCUT2D eigenvalue weighted by Gasteiger charge is -2.11. The van der Waals surface area contributed by atoms with E-state index in [-0.39, 0.29) is 5.75 Å². The summed E-state index contributed by atoms with van der Waals surface area (Å²) in [4.78, 5) is 4.64. The highest BCUT2D eigenvalue weighted by atomic mass is 16.3. The smallest absolute Gasteiger partial charge is 0.144 e. The summed E-state index contributed by atoms with van der Waals surface area (Å²) in [6.45, 7) is 8.80. The quantitative estimate of drug-likeness (QED) is 0.731. The number of phenolic OH excluding ortho intramolecular Hbond substituents is 1. The Morgan fingerprint density at radius 1 is 0.870 bits per heavy atom. The van der Waals surface area contributed by atoms with Crippen molar-refractivity contribution >= 4 is 16.6 Å². The second kappa shape index (κ2) is 5.92. The van der Waals surface area contributed by atoms with Gasteiger partial charge in [0.1, 0.15) is 11.3 Å². The van der Waals surface area contributed by atoms with Crippen molar-refractivity contribution in [2.24, 2.45) is 0 Å². The molecular weight excluding hydrogens is 284 g/mol. The van der Waals surface area contributed by atoms with Crippen LogP contribution >= 0.6 is 0 Å². The number of hydrogen-bond donors (Lipinski definition) is 2. The van der Waals surface area contributed by atoms with E-state index in [2.05, 4.69) is 42.3 Å². The molecule has 3 nitrogen and oxygen atoms in total. The molecule has 3 rings (SSSR count). The molecule has 0 bridgehead atoms. The van der Waals surface area contributed by atoms with E-state index in [0.29, 0.717) is 12.1 Å². The van der Waals surface area contributed by atoms with Crippen LogP contribution in [-0.2, 0) is 6.54 Å². The average molecular weight is 306 g/mol. The van der Waals surface area contributed by atoms with E-state index in [1.807, 2.05) is 32.0 Å². The molecule has 3 aromatic rings. The Balaban J connectivity index is 1.88. The van der Waals surface area contributed by atoms with Gasteiger partial charge < -0.3 is 10.4 Å². The van der Waals surface area contributed by atoms with Gasteiger partial charge in [0.05, 0.1) is 12.2 Å². The van der Waals surface area contributed by atoms with Crippen LogP contribution in [-0.4, -0.2) is 10.1 Å². The largest absolute Gasteiger partial charge is 0.505 e. The summed E-state index contributed by atoms with van der Waals surface area (Å²) in [6.07, 6.45) is 0. The first kappa shape index (κ1) is 15.3. The van der Waals surface area contributed by atoms with Crippen molar-refractivity contribution in [3.63, 3.8) is 0 Å². The predicted octanol–water partition coefficient (Wildman–Crippen LogP) is 4.79. The van der Waals surface area contributed by atoms with Crippen LogP contribution in [0.3, 0.4) is 0 Å². The third-order valence-corrected chi connectivity index (χ3v) is 4.39. The Labute approximate surface area is 137 Å². The first-order chi connectivity index (χ1) is 11.0. The van der Waals surface area contributed by atoms with E-state index in [1.165, 1.54) is 11.1 Å². The van der Waals surface area contributed by atoms with E-state index in [9.17, 15) is 5.11 Å². The molecule has 0 atom stereocenters. The number of aromatic hydroxyl groups is 1. The molecule has 0 unspecified atom stereocenters. The van der Waals surface area contributed by atoms with Gasteiger partial charge in [0.2, 0.25) is 0 Å². The number of rotatable bonds is 3. The second-order valence-electron chi connectivity index (χ2n) is 6.21. The SMILES string of the molecule is Cc1ccc(NCc2ccc3c(C)cc(C)c(O)c3n2)cc1C. The summed E-state index contributed by atoms with van der Waals surface area (Å²) < 4.78 is 0. The van der Waals surface area contributed by atoms with E-state index >= 15 is 0 Å². The molecule has 2 aromatic carbocycles. The van der Waals surface area contributed by atoms with Crippen LogP contribution in [0.4, 0.5) is 5.69 Å². The van der Waals surface area contributed by atoms with Gasteiger partial charge in [0, 0.05) is 11.1 Å². The normalized spacial score (nSPS) is 11.0. The zero-order valence-corrected chi connectivity index (χ0v) is 14.1. The summed E-state index contributed by atoms with van der Waals surface area (Å²) in [6, 6.07) is 12.4. The Kier molecular flexibility index (Phi) is 3.95. The molecule has 0 fully saturated rings. The van der Waals surface area contributed by atoms with Crippen LogP contribution in [0.25, 0.3) is 10.9 Å². The van der Waals surface area contributed by atoms with E-state index < -0.39 is 0 Å². The van der Waals surface area contributed by atoms with Crippen LogP contribution in [0.15, 0.2) is 36.4 Å². The lowest BCUT2D eigenvalue weighted by molar-refractivity contribution is 0.476. The third-order valence-electron chi connectivity index (χ3n) is 4.39. The van der Waals surface area contributed by atoms with Gasteiger partial charge in [-0.3, -0.25) is 0 Å². The first-order valence-electron chi connectivity index (χ1n) is 7.85. The Morgan fingerprint density at radius 3 is 2.39 bits per heavy atom. The van der Waals surface area contributed by atoms with Gasteiger partial charge in [-0.25, -0.2) is 4.98 Å². The number of benzene rings is 2. The maximum Gasteiger partial charge on any atom is 0.144 e. The summed E-state index contributed by atoms with van der Waals surface area (Å²) >= 11 is 0. The number of pyridine rings is 1. The van der Waals surface area contributed by atoms with Crippen molar-refractivity contribution in [1.82, 2.24) is 4.98 Å². The minimum absolute atomic E-state index is 0.277. The Hall–Kier alpha value is -2.55. The van der Waals surface area contributed by atoms with Crippen LogP contribution in [0.1, 0.15) is 27.9 Å². The highest BCUT2D eigenvalue weighted by molar-refractivity contribution is 5.88. The number of aromatic nitrogens is 1. The Bertz CT molecular complexity index is 884. The zero-order chi connectivity index (χ0) is 16.6. The fourth-order valence-electron chi connectivity index (χ4n) is 2.80. The van der Waals surface area contributed by atoms with Crippen LogP contribution in [0.5, 0.6) is 5.75 Å². The lowest BCUT2D eigenvalue weighted by atomic mass is 10.0. The standard InChI is InChI=1S/C20H22N2O/c1-12-5-6-16(10-13(12)2)21-11-17-7-8-18-14(3)9-15(4)20(23)19(18)22-17/h5-10,21,23H,11H2,1-4H3. The van der Waals surface area contributed by atoms with Gasteiger partial charge in [0.15, 0.2) is 0 Å². The number of nitrogens with one attached hydrogen (secondary N) is 1. The van der Waals surface area contributed by atoms with Gasteiger partial charge >= 0.3 is 0 Å². The van der Waals surface area contributed by atoms with Crippen LogP contribution in [0.2, 0.25) is 0 Å². The van der Waals surface area contributed by atoms with Gasteiger partial charge in [0.25, 0.3) is 0 Å². The van der Waals surface area contributed by atoms with Crippen molar-refractivity contribution < 1.29 is 5.11 Å². The Morgan fingerprint density at radius 2 is 1.65 bits per heavy atom. The maximum atomic E-state index is 10.3. The third kappa shape index (κ3) is 3.00. The van der Waals surface area contributed by atoms with Gasteiger partial charge in [-0.15, -0.1) is 0 Å². The summed E-state index contributed by atoms with van der Waals surface area (Å²) in [7, 11) is 0. The molecule has 2 N–H and O–H groups in total. The average Bonchev–Trinajstić information content (AvgIpc) is 2.53. The summed E-state index contributed by atoms with van der Waals surface area (Å²) in [5, 5.41) is 14.7. The van der Waals surface area contributed by atoms with Crippen LogP contribution in [0, 0.1) is 27.7 Å². The van der Waals surface area contributed by atoms with Gasteiger partial charge in [-0.05, 0) is 68.1 Å². The molecule has 1 heterocycles. The monoisotopic (exact) mass is 306 g/mol. The molecule has 0 aliphatic heterocycles. The van der Waals surface area contributed by atoms with Crippen molar-refractivity contribution in [2.75, 3.05) is 5.32 Å². The highest BCUT2D eigenvalue weighted by Gasteiger charge is 2.09. The van der Waals surface area contributed by atoms with Crippen molar-refractivity contribution in [3.05, 3.63) is 64.3 Å². The maximum absolute atomic E-state index is 10.3. The van der Waals surface area contributed by atoms with E-state index in [1.54, 1.807) is 0 Å². The van der Waals surface area contributed by atoms with Gasteiger partial charge in [-0.1, -0.05) is 18.2 Å². The molecule has 0 saturated heterocycles. The minimum Gasteiger partial charge on any atom is -0.505 e. The molecule has 0 aliphatic carbocycles. The second-order valence-corrected chi connectivity index (χ2v) is 6.21. The zero-order valence-electron chi connectivity index (χ0n) is 14.1. The topological polar surface area (TPSA) is 45.1 Å². The highest BCUT2D eigenvalue weighted by Crippen LogP contribution is 2.29. The molecule has 0 radical (unpaired) electrons. The number of anilines is 1. The predicted molar refractivity (Wildman–Crippen MR) is 96.1 cm³/mol.